The largest absolute Gasteiger partial charge is 0.497 e. The van der Waals surface area contributed by atoms with Crippen LogP contribution in [0.1, 0.15) is 53.1 Å². The molecular formula is C36H33ClN2O2. The average molecular weight is 561 g/mol. The van der Waals surface area contributed by atoms with E-state index in [0.29, 0.717) is 29.7 Å². The third kappa shape index (κ3) is 5.66. The van der Waals surface area contributed by atoms with Gasteiger partial charge in [-0.2, -0.15) is 5.26 Å². The Morgan fingerprint density at radius 1 is 1.12 bits per heavy atom. The predicted molar refractivity (Wildman–Crippen MR) is 166 cm³/mol. The molecule has 0 N–H and O–H groups in total. The van der Waals surface area contributed by atoms with Crippen LogP contribution in [0.15, 0.2) is 78.4 Å². The molecule has 0 spiro atoms. The number of rotatable bonds is 9. The van der Waals surface area contributed by atoms with Crippen molar-refractivity contribution in [3.63, 3.8) is 0 Å². The molecule has 0 bridgehead atoms. The van der Waals surface area contributed by atoms with Gasteiger partial charge in [-0.25, -0.2) is 0 Å². The van der Waals surface area contributed by atoms with E-state index in [1.165, 1.54) is 11.1 Å². The number of ketones is 1. The third-order valence-corrected chi connectivity index (χ3v) is 8.85. The molecule has 1 aliphatic heterocycles. The van der Waals surface area contributed by atoms with Gasteiger partial charge >= 0.3 is 0 Å². The number of hydrogen-bond donors (Lipinski definition) is 0. The highest BCUT2D eigenvalue weighted by Gasteiger charge is 2.45. The molecule has 1 saturated carbocycles. The number of nitriles is 1. The number of nitrogens with zero attached hydrogens (tertiary/aromatic N) is 2. The molecule has 206 valence electrons. The molecule has 3 aromatic rings. The molecule has 1 heterocycles. The molecule has 6 rings (SSSR count). The molecule has 0 radical (unpaired) electrons. The molecule has 3 aliphatic rings. The summed E-state index contributed by atoms with van der Waals surface area (Å²) in [4.78, 5) is 14.4. The molecule has 3 aromatic carbocycles. The summed E-state index contributed by atoms with van der Waals surface area (Å²) in [5, 5.41) is 10.9. The summed E-state index contributed by atoms with van der Waals surface area (Å²) in [7, 11) is 1.62. The molecule has 1 unspecified atom stereocenters. The first-order valence-corrected chi connectivity index (χ1v) is 14.7. The van der Waals surface area contributed by atoms with Crippen LogP contribution in [-0.4, -0.2) is 37.4 Å². The van der Waals surface area contributed by atoms with Crippen molar-refractivity contribution >= 4 is 39.6 Å². The molecule has 2 fully saturated rings. The lowest BCUT2D eigenvalue weighted by atomic mass is 9.83. The fourth-order valence-electron chi connectivity index (χ4n) is 6.08. The molecule has 0 amide bonds. The van der Waals surface area contributed by atoms with E-state index in [2.05, 4.69) is 66.4 Å². The van der Waals surface area contributed by atoms with Crippen molar-refractivity contribution in [1.29, 1.82) is 5.26 Å². The minimum absolute atomic E-state index is 0.123. The Bertz CT molecular complexity index is 1640. The van der Waals surface area contributed by atoms with Gasteiger partial charge in [-0.15, -0.1) is 0 Å². The smallest absolute Gasteiger partial charge is 0.169 e. The van der Waals surface area contributed by atoms with E-state index in [-0.39, 0.29) is 5.78 Å². The first-order chi connectivity index (χ1) is 20.0. The number of hydrogen-bond acceptors (Lipinski definition) is 4. The quantitative estimate of drug-likeness (QED) is 0.153. The van der Waals surface area contributed by atoms with Gasteiger partial charge < -0.3 is 4.74 Å². The van der Waals surface area contributed by atoms with E-state index < -0.39 is 0 Å². The second-order valence-electron chi connectivity index (χ2n) is 11.1. The van der Waals surface area contributed by atoms with Crippen LogP contribution < -0.4 is 4.74 Å². The van der Waals surface area contributed by atoms with Gasteiger partial charge in [-0.1, -0.05) is 73.1 Å². The van der Waals surface area contributed by atoms with Crippen molar-refractivity contribution in [3.8, 4) is 11.8 Å². The zero-order chi connectivity index (χ0) is 28.5. The van der Waals surface area contributed by atoms with Gasteiger partial charge in [0.15, 0.2) is 5.78 Å². The van der Waals surface area contributed by atoms with E-state index in [1.807, 2.05) is 24.3 Å². The zero-order valence-corrected chi connectivity index (χ0v) is 24.2. The van der Waals surface area contributed by atoms with Gasteiger partial charge in [0.1, 0.15) is 5.75 Å². The molecule has 2 atom stereocenters. The molecule has 41 heavy (non-hydrogen) atoms. The topological polar surface area (TPSA) is 53.1 Å². The monoisotopic (exact) mass is 560 g/mol. The van der Waals surface area contributed by atoms with E-state index >= 15 is 0 Å². The SMILES string of the molecule is CC/C(=C(\C1=C(Cl)c2ccccc2C[C@@H]2CC12)c1ccc(/C=C/C(=O)CN2CC2)cc1)c1ccc(OC)cc1C#N. The van der Waals surface area contributed by atoms with Crippen LogP contribution in [-0.2, 0) is 11.2 Å². The van der Waals surface area contributed by atoms with Gasteiger partial charge in [0, 0.05) is 13.1 Å². The second-order valence-corrected chi connectivity index (χ2v) is 11.5. The second kappa shape index (κ2) is 11.5. The van der Waals surface area contributed by atoms with Crippen LogP contribution >= 0.6 is 11.6 Å². The van der Waals surface area contributed by atoms with E-state index in [9.17, 15) is 10.1 Å². The summed E-state index contributed by atoms with van der Waals surface area (Å²) in [5.74, 6) is 1.70. The minimum Gasteiger partial charge on any atom is -0.497 e. The van der Waals surface area contributed by atoms with Crippen molar-refractivity contribution in [1.82, 2.24) is 4.90 Å². The van der Waals surface area contributed by atoms with E-state index in [1.54, 1.807) is 13.2 Å². The first kappa shape index (κ1) is 27.3. The fraction of sp³-hybridized carbons (Fsp3) is 0.278. The number of carbonyl (C=O) groups excluding carboxylic acids is 1. The first-order valence-electron chi connectivity index (χ1n) is 14.3. The lowest BCUT2D eigenvalue weighted by molar-refractivity contribution is -0.114. The van der Waals surface area contributed by atoms with Crippen LogP contribution in [0, 0.1) is 23.2 Å². The zero-order valence-electron chi connectivity index (χ0n) is 23.5. The number of halogens is 1. The number of carbonyl (C=O) groups is 1. The molecule has 2 aliphatic carbocycles. The van der Waals surface area contributed by atoms with Crippen LogP contribution in [0.4, 0.5) is 0 Å². The maximum Gasteiger partial charge on any atom is 0.169 e. The Morgan fingerprint density at radius 3 is 2.61 bits per heavy atom. The van der Waals surface area contributed by atoms with Crippen molar-refractivity contribution in [2.24, 2.45) is 11.8 Å². The molecule has 5 heteroatoms. The standard InChI is InChI=1S/C36H33ClN2O2/c1-3-30(31-15-14-29(41-2)19-27(31)21-38)34(24-11-8-23(9-12-24)10-13-28(40)22-39-16-17-39)35-33-20-26(33)18-25-6-4-5-7-32(25)36(35)37/h4-15,19,26,33H,3,16-18,20,22H2,1-2H3/b13-10+,34-30+/t26-,33?/m1/s1. The van der Waals surface area contributed by atoms with Crippen molar-refractivity contribution in [3.05, 3.63) is 112 Å². The third-order valence-electron chi connectivity index (χ3n) is 8.44. The minimum atomic E-state index is 0.123. The summed E-state index contributed by atoms with van der Waals surface area (Å²) in [5.41, 5.74) is 9.31. The Hall–Kier alpha value is -3.91. The van der Waals surface area contributed by atoms with Crippen molar-refractivity contribution in [2.45, 2.75) is 26.2 Å². The highest BCUT2D eigenvalue weighted by molar-refractivity contribution is 6.50. The average Bonchev–Trinajstić information content (AvgIpc) is 3.94. The van der Waals surface area contributed by atoms with Gasteiger partial charge in [0.25, 0.3) is 0 Å². The van der Waals surface area contributed by atoms with Gasteiger partial charge in [-0.05, 0) is 99.9 Å². The predicted octanol–water partition coefficient (Wildman–Crippen LogP) is 7.63. The molecular weight excluding hydrogens is 528 g/mol. The maximum atomic E-state index is 12.3. The van der Waals surface area contributed by atoms with Crippen molar-refractivity contribution in [2.75, 3.05) is 26.7 Å². The van der Waals surface area contributed by atoms with Crippen LogP contribution in [0.3, 0.4) is 0 Å². The van der Waals surface area contributed by atoms with Crippen LogP contribution in [0.2, 0.25) is 0 Å². The van der Waals surface area contributed by atoms with Crippen LogP contribution in [0.5, 0.6) is 5.75 Å². The van der Waals surface area contributed by atoms with E-state index in [4.69, 9.17) is 16.3 Å². The Labute approximate surface area is 247 Å². The lowest BCUT2D eigenvalue weighted by Gasteiger charge is -2.21. The normalized spacial score (nSPS) is 20.0. The van der Waals surface area contributed by atoms with Gasteiger partial charge in [0.05, 0.1) is 30.3 Å². The summed E-state index contributed by atoms with van der Waals surface area (Å²) in [6, 6.07) is 25.0. The molecule has 4 nitrogen and oxygen atoms in total. The lowest BCUT2D eigenvalue weighted by Crippen LogP contribution is -2.09. The number of benzene rings is 3. The number of fused-ring (bicyclic) bond motifs is 2. The number of allylic oxidation sites excluding steroid dienone is 3. The fourth-order valence-corrected chi connectivity index (χ4v) is 6.50. The van der Waals surface area contributed by atoms with Crippen LogP contribution in [0.25, 0.3) is 22.3 Å². The van der Waals surface area contributed by atoms with Crippen molar-refractivity contribution < 1.29 is 9.53 Å². The Morgan fingerprint density at radius 2 is 1.90 bits per heavy atom. The summed E-state index contributed by atoms with van der Waals surface area (Å²) < 4.78 is 5.43. The van der Waals surface area contributed by atoms with E-state index in [0.717, 1.165) is 70.8 Å². The number of ether oxygens (including phenoxy) is 1. The molecule has 0 aromatic heterocycles. The van der Waals surface area contributed by atoms with Gasteiger partial charge in [0.2, 0.25) is 0 Å². The molecule has 1 saturated heterocycles. The summed E-state index contributed by atoms with van der Waals surface area (Å²) in [6.07, 6.45) is 6.43. The summed E-state index contributed by atoms with van der Waals surface area (Å²) >= 11 is 7.36. The Balaban J connectivity index is 1.51. The highest BCUT2D eigenvalue weighted by atomic mass is 35.5. The maximum absolute atomic E-state index is 12.3. The summed E-state index contributed by atoms with van der Waals surface area (Å²) in [6.45, 7) is 4.65. The number of methoxy groups -OCH3 is 1. The van der Waals surface area contributed by atoms with Gasteiger partial charge in [-0.3, -0.25) is 9.69 Å². The highest BCUT2D eigenvalue weighted by Crippen LogP contribution is 2.57. The Kier molecular flexibility index (Phi) is 7.67.